The van der Waals surface area contributed by atoms with Crippen LogP contribution in [0.5, 0.6) is 0 Å². The fourth-order valence-corrected chi connectivity index (χ4v) is 3.97. The van der Waals surface area contributed by atoms with Crippen LogP contribution in [0.2, 0.25) is 0 Å². The van der Waals surface area contributed by atoms with E-state index in [1.807, 2.05) is 9.24 Å². The summed E-state index contributed by atoms with van der Waals surface area (Å²) >= 11 is 0. The molecule has 0 saturated heterocycles. The lowest BCUT2D eigenvalue weighted by Gasteiger charge is -2.32. The fraction of sp³-hybridized carbons (Fsp3) is 0.0952. The van der Waals surface area contributed by atoms with Crippen LogP contribution in [0.25, 0.3) is 0 Å². The van der Waals surface area contributed by atoms with Gasteiger partial charge in [0.05, 0.1) is 11.6 Å². The van der Waals surface area contributed by atoms with Crippen molar-refractivity contribution in [3.63, 3.8) is 0 Å². The van der Waals surface area contributed by atoms with Gasteiger partial charge in [0.2, 0.25) is 6.16 Å². The van der Waals surface area contributed by atoms with Gasteiger partial charge < -0.3 is 15.0 Å². The van der Waals surface area contributed by atoms with Crippen LogP contribution < -0.4 is 5.11 Å². The van der Waals surface area contributed by atoms with E-state index in [1.165, 1.54) is 16.7 Å². The molecule has 4 heteroatoms. The van der Waals surface area contributed by atoms with Crippen molar-refractivity contribution in [1.29, 1.82) is 0 Å². The van der Waals surface area contributed by atoms with E-state index in [4.69, 9.17) is 15.0 Å². The first-order valence-corrected chi connectivity index (χ1v) is 8.97. The Morgan fingerprint density at radius 1 is 0.760 bits per heavy atom. The van der Waals surface area contributed by atoms with Crippen LogP contribution in [-0.2, 0) is 5.41 Å². The molecule has 3 nitrogen and oxygen atoms in total. The fourth-order valence-electron chi connectivity index (χ4n) is 3.10. The van der Waals surface area contributed by atoms with Gasteiger partial charge in [-0.25, -0.2) is 0 Å². The van der Waals surface area contributed by atoms with E-state index >= 15 is 0 Å². The van der Waals surface area contributed by atoms with Gasteiger partial charge in [0, 0.05) is 0 Å². The Hall–Kier alpha value is -2.64. The van der Waals surface area contributed by atoms with Crippen LogP contribution in [0.15, 0.2) is 91.0 Å². The molecule has 1 atom stereocenters. The Kier molecular flexibility index (Phi) is 6.73. The summed E-state index contributed by atoms with van der Waals surface area (Å²) in [6, 6.07) is 32.5. The van der Waals surface area contributed by atoms with E-state index in [1.54, 1.807) is 0 Å². The largest absolute Gasteiger partial charge is 0.565 e. The summed E-state index contributed by atoms with van der Waals surface area (Å²) < 4.78 is 0. The second kappa shape index (κ2) is 9.00. The van der Waals surface area contributed by atoms with Crippen molar-refractivity contribution in [3.8, 4) is 0 Å². The SMILES string of the molecule is O=C([O-])O.[PH3+]CC(c1ccccc1)(c1ccccc1)c1ccccc1. The molecule has 128 valence electrons. The Bertz CT molecular complexity index is 673. The smallest absolute Gasteiger partial charge is 0.249 e. The third kappa shape index (κ3) is 4.46. The standard InChI is InChI=1S/C20H19P.CH2O3/c21-16-20(17-10-4-1-5-11-17,18-12-6-2-7-13-18)19-14-8-3-9-15-19;2-1(3)4/h1-15H,16,21H2;(H2,2,3,4). The third-order valence-electron chi connectivity index (χ3n) is 4.17. The van der Waals surface area contributed by atoms with Crippen LogP contribution in [0.4, 0.5) is 4.79 Å². The number of carboxylic acid groups (broad SMARTS) is 2. The predicted molar refractivity (Wildman–Crippen MR) is 103 cm³/mol. The normalized spacial score (nSPS) is 10.6. The minimum atomic E-state index is -2.08. The van der Waals surface area contributed by atoms with Gasteiger partial charge >= 0.3 is 0 Å². The van der Waals surface area contributed by atoms with Crippen molar-refractivity contribution in [2.24, 2.45) is 0 Å². The van der Waals surface area contributed by atoms with Crippen molar-refractivity contribution < 1.29 is 15.0 Å². The Morgan fingerprint density at radius 2 is 1.00 bits per heavy atom. The van der Waals surface area contributed by atoms with Gasteiger partial charge in [-0.1, -0.05) is 91.0 Å². The average Bonchev–Trinajstić information content (AvgIpc) is 2.65. The number of carbonyl (C=O) groups is 1. The van der Waals surface area contributed by atoms with Crippen molar-refractivity contribution in [3.05, 3.63) is 108 Å². The van der Waals surface area contributed by atoms with E-state index < -0.39 is 6.16 Å². The molecule has 0 spiro atoms. The zero-order valence-corrected chi connectivity index (χ0v) is 15.3. The molecule has 0 fully saturated rings. The maximum atomic E-state index is 8.44. The maximum absolute atomic E-state index is 8.44. The zero-order valence-electron chi connectivity index (χ0n) is 13.8. The topological polar surface area (TPSA) is 60.4 Å². The Morgan fingerprint density at radius 3 is 1.20 bits per heavy atom. The number of benzene rings is 3. The molecular formula is C21H21O3P. The molecule has 1 unspecified atom stereocenters. The lowest BCUT2D eigenvalue weighted by Crippen LogP contribution is -2.31. The molecule has 0 aliphatic carbocycles. The van der Waals surface area contributed by atoms with Crippen molar-refractivity contribution in [1.82, 2.24) is 0 Å². The molecule has 3 rings (SSSR count). The molecule has 0 aliphatic heterocycles. The average molecular weight is 352 g/mol. The maximum Gasteiger partial charge on any atom is 0.249 e. The summed E-state index contributed by atoms with van der Waals surface area (Å²) in [5, 5.41) is 15.3. The van der Waals surface area contributed by atoms with Crippen LogP contribution in [-0.4, -0.2) is 17.4 Å². The number of rotatable bonds is 4. The summed E-state index contributed by atoms with van der Waals surface area (Å²) in [6.45, 7) is 0. The Labute approximate surface area is 150 Å². The summed E-state index contributed by atoms with van der Waals surface area (Å²) in [6.07, 6.45) is -1.02. The van der Waals surface area contributed by atoms with Crippen molar-refractivity contribution in [2.75, 3.05) is 6.16 Å². The summed E-state index contributed by atoms with van der Waals surface area (Å²) in [5.74, 6) is 0. The summed E-state index contributed by atoms with van der Waals surface area (Å²) in [7, 11) is 2.05. The van der Waals surface area contributed by atoms with Gasteiger partial charge in [0.1, 0.15) is 0 Å². The van der Waals surface area contributed by atoms with Gasteiger partial charge in [-0.3, -0.25) is 0 Å². The van der Waals surface area contributed by atoms with Gasteiger partial charge in [-0.05, 0) is 25.9 Å². The van der Waals surface area contributed by atoms with E-state index in [2.05, 4.69) is 91.0 Å². The minimum Gasteiger partial charge on any atom is -0.565 e. The molecule has 0 saturated carbocycles. The molecule has 0 heterocycles. The highest BCUT2D eigenvalue weighted by Gasteiger charge is 2.36. The van der Waals surface area contributed by atoms with Crippen LogP contribution >= 0.6 is 9.24 Å². The molecule has 1 N–H and O–H groups in total. The first-order valence-electron chi connectivity index (χ1n) is 7.97. The molecule has 0 aliphatic rings. The monoisotopic (exact) mass is 352 g/mol. The summed E-state index contributed by atoms with van der Waals surface area (Å²) in [5.41, 5.74) is 4.01. The van der Waals surface area contributed by atoms with Crippen molar-refractivity contribution in [2.45, 2.75) is 5.41 Å². The molecule has 3 aromatic carbocycles. The third-order valence-corrected chi connectivity index (χ3v) is 4.92. The minimum absolute atomic E-state index is 0.0672. The predicted octanol–water partition coefficient (Wildman–Crippen LogP) is 3.52. The van der Waals surface area contributed by atoms with Crippen molar-refractivity contribution >= 4 is 15.4 Å². The molecular weight excluding hydrogens is 331 g/mol. The summed E-state index contributed by atoms with van der Waals surface area (Å²) in [4.78, 5) is 8.44. The molecule has 0 bridgehead atoms. The van der Waals surface area contributed by atoms with E-state index in [-0.39, 0.29) is 5.41 Å². The lowest BCUT2D eigenvalue weighted by atomic mass is 9.71. The number of hydrogen-bond donors (Lipinski definition) is 1. The highest BCUT2D eigenvalue weighted by molar-refractivity contribution is 7.16. The first kappa shape index (κ1) is 18.7. The van der Waals surface area contributed by atoms with E-state index in [9.17, 15) is 0 Å². The number of hydrogen-bond acceptors (Lipinski definition) is 2. The van der Waals surface area contributed by atoms with Gasteiger partial charge in [0.25, 0.3) is 0 Å². The zero-order chi connectivity index (χ0) is 18.1. The molecule has 0 radical (unpaired) electrons. The molecule has 25 heavy (non-hydrogen) atoms. The second-order valence-corrected chi connectivity index (χ2v) is 6.02. The van der Waals surface area contributed by atoms with Gasteiger partial charge in [-0.15, -0.1) is 0 Å². The van der Waals surface area contributed by atoms with Crippen LogP contribution in [0.1, 0.15) is 16.7 Å². The van der Waals surface area contributed by atoms with Crippen LogP contribution in [0.3, 0.4) is 0 Å². The second-order valence-electron chi connectivity index (χ2n) is 5.52. The highest BCUT2D eigenvalue weighted by Crippen LogP contribution is 2.40. The molecule has 0 aromatic heterocycles. The first-order chi connectivity index (χ1) is 12.1. The van der Waals surface area contributed by atoms with E-state index in [0.29, 0.717) is 0 Å². The molecule has 3 aromatic rings. The lowest BCUT2D eigenvalue weighted by molar-refractivity contribution is -0.275. The highest BCUT2D eigenvalue weighted by atomic mass is 31.0. The van der Waals surface area contributed by atoms with Gasteiger partial charge in [-0.2, -0.15) is 0 Å². The van der Waals surface area contributed by atoms with Gasteiger partial charge in [0.15, 0.2) is 0 Å². The van der Waals surface area contributed by atoms with E-state index in [0.717, 1.165) is 6.16 Å². The van der Waals surface area contributed by atoms with Crippen LogP contribution in [0, 0.1) is 0 Å². The Balaban J connectivity index is 0.000000511. The molecule has 0 amide bonds. The quantitative estimate of drug-likeness (QED) is 0.577.